The monoisotopic (exact) mass is 354 g/mol. The Hall–Kier alpha value is -1.89. The lowest BCUT2D eigenvalue weighted by Crippen LogP contribution is -2.37. The zero-order valence-corrected chi connectivity index (χ0v) is 15.1. The van der Waals surface area contributed by atoms with Crippen molar-refractivity contribution in [2.75, 3.05) is 45.9 Å². The Labute approximate surface area is 152 Å². The third-order valence-corrected chi connectivity index (χ3v) is 5.80. The van der Waals surface area contributed by atoms with E-state index in [0.29, 0.717) is 5.92 Å². The Morgan fingerprint density at radius 3 is 2.85 bits per heavy atom. The summed E-state index contributed by atoms with van der Waals surface area (Å²) < 4.78 is 11.5. The molecule has 2 aliphatic heterocycles. The average Bonchev–Trinajstić information content (AvgIpc) is 3.31. The summed E-state index contributed by atoms with van der Waals surface area (Å²) in [6.45, 7) is 6.83. The van der Waals surface area contributed by atoms with Gasteiger partial charge in [0.15, 0.2) is 11.5 Å². The van der Waals surface area contributed by atoms with Gasteiger partial charge in [-0.25, -0.2) is 4.98 Å². The van der Waals surface area contributed by atoms with Gasteiger partial charge in [0.25, 0.3) is 0 Å². The first kappa shape index (κ1) is 16.3. The van der Waals surface area contributed by atoms with Crippen LogP contribution in [0.25, 0.3) is 22.0 Å². The Balaban J connectivity index is 1.45. The molecule has 0 radical (unpaired) electrons. The molecule has 2 N–H and O–H groups in total. The minimum atomic E-state index is 0.601. The van der Waals surface area contributed by atoms with Gasteiger partial charge >= 0.3 is 0 Å². The highest BCUT2D eigenvalue weighted by Gasteiger charge is 2.22. The molecule has 0 spiro atoms. The lowest BCUT2D eigenvalue weighted by atomic mass is 9.90. The number of rotatable bonds is 4. The van der Waals surface area contributed by atoms with Gasteiger partial charge in [-0.1, -0.05) is 0 Å². The fourth-order valence-electron chi connectivity index (χ4n) is 4.32. The van der Waals surface area contributed by atoms with E-state index in [1.165, 1.54) is 29.3 Å². The molecule has 0 unspecified atom stereocenters. The number of ether oxygens (including phenoxy) is 1. The van der Waals surface area contributed by atoms with Crippen molar-refractivity contribution in [2.45, 2.75) is 25.2 Å². The Morgan fingerprint density at radius 2 is 2.00 bits per heavy atom. The maximum absolute atomic E-state index is 6.08. The Kier molecular flexibility index (Phi) is 4.40. The van der Waals surface area contributed by atoms with Gasteiger partial charge in [0.05, 0.1) is 13.2 Å². The van der Waals surface area contributed by atoms with Gasteiger partial charge in [-0.2, -0.15) is 0 Å². The van der Waals surface area contributed by atoms with Crippen molar-refractivity contribution in [1.29, 1.82) is 0 Å². The van der Waals surface area contributed by atoms with Crippen LogP contribution in [0.5, 0.6) is 0 Å². The van der Waals surface area contributed by atoms with Crippen LogP contribution in [-0.4, -0.2) is 60.8 Å². The molecular weight excluding hydrogens is 328 g/mol. The topological polar surface area (TPSA) is 66.3 Å². The van der Waals surface area contributed by atoms with Crippen molar-refractivity contribution in [2.24, 2.45) is 0 Å². The molecule has 2 fully saturated rings. The summed E-state index contributed by atoms with van der Waals surface area (Å²) in [5.74, 6) is 1.44. The maximum Gasteiger partial charge on any atom is 0.196 e. The molecule has 0 bridgehead atoms. The smallest absolute Gasteiger partial charge is 0.196 e. The highest BCUT2D eigenvalue weighted by Crippen LogP contribution is 2.35. The number of fused-ring (bicyclic) bond motifs is 3. The van der Waals surface area contributed by atoms with E-state index in [9.17, 15) is 0 Å². The van der Waals surface area contributed by atoms with E-state index >= 15 is 0 Å². The van der Waals surface area contributed by atoms with E-state index in [-0.39, 0.29) is 0 Å². The zero-order chi connectivity index (χ0) is 17.3. The molecular formula is C20H26N4O2. The first-order chi connectivity index (χ1) is 12.9. The number of nitrogens with one attached hydrogen (secondary N) is 2. The number of nitrogens with zero attached hydrogens (tertiary/aromatic N) is 2. The number of aromatic amines is 1. The normalized spacial score (nSPS) is 20.3. The molecule has 6 nitrogen and oxygen atoms in total. The molecule has 2 aromatic heterocycles. The van der Waals surface area contributed by atoms with Crippen molar-refractivity contribution >= 4 is 22.0 Å². The first-order valence-corrected chi connectivity index (χ1v) is 9.79. The predicted octanol–water partition coefficient (Wildman–Crippen LogP) is 2.65. The fourth-order valence-corrected chi connectivity index (χ4v) is 4.32. The van der Waals surface area contributed by atoms with Gasteiger partial charge in [-0.15, -0.1) is 0 Å². The first-order valence-electron chi connectivity index (χ1n) is 9.79. The van der Waals surface area contributed by atoms with Crippen molar-refractivity contribution in [3.05, 3.63) is 29.8 Å². The molecule has 2 aliphatic rings. The summed E-state index contributed by atoms with van der Waals surface area (Å²) in [6.07, 6.45) is 5.40. The summed E-state index contributed by atoms with van der Waals surface area (Å²) in [7, 11) is 0. The second-order valence-electron chi connectivity index (χ2n) is 7.41. The number of aromatic nitrogens is 2. The molecule has 0 atom stereocenters. The quantitative estimate of drug-likeness (QED) is 0.754. The molecule has 26 heavy (non-hydrogen) atoms. The fraction of sp³-hybridized carbons (Fsp3) is 0.550. The molecule has 3 aromatic rings. The third kappa shape index (κ3) is 3.02. The molecule has 0 amide bonds. The summed E-state index contributed by atoms with van der Waals surface area (Å²) in [5, 5.41) is 4.72. The van der Waals surface area contributed by atoms with Gasteiger partial charge in [-0.05, 0) is 49.5 Å². The summed E-state index contributed by atoms with van der Waals surface area (Å²) in [5.41, 5.74) is 4.50. The largest absolute Gasteiger partial charge is 0.441 e. The van der Waals surface area contributed by atoms with Crippen LogP contribution in [0.4, 0.5) is 0 Å². The van der Waals surface area contributed by atoms with Gasteiger partial charge in [0.1, 0.15) is 5.52 Å². The summed E-state index contributed by atoms with van der Waals surface area (Å²) in [4.78, 5) is 10.8. The van der Waals surface area contributed by atoms with Gasteiger partial charge < -0.3 is 19.5 Å². The number of hydrogen-bond acceptors (Lipinski definition) is 5. The Morgan fingerprint density at radius 1 is 1.15 bits per heavy atom. The highest BCUT2D eigenvalue weighted by atomic mass is 16.5. The summed E-state index contributed by atoms with van der Waals surface area (Å²) >= 11 is 0. The number of morpholine rings is 1. The van der Waals surface area contributed by atoms with E-state index in [2.05, 4.69) is 27.5 Å². The van der Waals surface area contributed by atoms with Crippen LogP contribution in [0.2, 0.25) is 0 Å². The molecule has 0 aliphatic carbocycles. The van der Waals surface area contributed by atoms with E-state index in [4.69, 9.17) is 14.1 Å². The molecule has 4 heterocycles. The van der Waals surface area contributed by atoms with Crippen LogP contribution in [0, 0.1) is 0 Å². The molecule has 1 aromatic carbocycles. The number of H-pyrrole nitrogens is 1. The van der Waals surface area contributed by atoms with Crippen LogP contribution < -0.4 is 5.32 Å². The van der Waals surface area contributed by atoms with E-state index in [1.54, 1.807) is 0 Å². The highest BCUT2D eigenvalue weighted by molar-refractivity contribution is 6.04. The maximum atomic E-state index is 6.08. The van der Waals surface area contributed by atoms with E-state index in [1.807, 2.05) is 6.07 Å². The second-order valence-corrected chi connectivity index (χ2v) is 7.41. The lowest BCUT2D eigenvalue weighted by molar-refractivity contribution is 0.0378. The van der Waals surface area contributed by atoms with Crippen LogP contribution >= 0.6 is 0 Å². The number of piperidine rings is 1. The van der Waals surface area contributed by atoms with E-state index < -0.39 is 0 Å². The standard InChI is InChI=1S/C20H26N4O2/c1-2-17-20(23-18(26-17)5-8-24-9-11-25-12-10-24)19-15(13-22-16(1)19)14-3-6-21-7-4-14/h1-2,13-14,21-22H,3-12H2. The third-order valence-electron chi connectivity index (χ3n) is 5.80. The van der Waals surface area contributed by atoms with Gasteiger partial charge in [0, 0.05) is 43.2 Å². The molecule has 2 saturated heterocycles. The predicted molar refractivity (Wildman–Crippen MR) is 102 cm³/mol. The van der Waals surface area contributed by atoms with Crippen molar-refractivity contribution in [3.8, 4) is 0 Å². The zero-order valence-electron chi connectivity index (χ0n) is 15.1. The van der Waals surface area contributed by atoms with E-state index in [0.717, 1.165) is 69.3 Å². The van der Waals surface area contributed by atoms with Crippen molar-refractivity contribution in [1.82, 2.24) is 20.2 Å². The average molecular weight is 354 g/mol. The van der Waals surface area contributed by atoms with Crippen molar-refractivity contribution in [3.63, 3.8) is 0 Å². The number of hydrogen-bond donors (Lipinski definition) is 2. The van der Waals surface area contributed by atoms with Gasteiger partial charge in [0.2, 0.25) is 0 Å². The SMILES string of the molecule is c1[nH]c2ccc3oc(CCN4CCOCC4)nc3c2c1C1CCNCC1. The number of benzene rings is 1. The van der Waals surface area contributed by atoms with Crippen LogP contribution in [-0.2, 0) is 11.2 Å². The number of oxazole rings is 1. The minimum Gasteiger partial charge on any atom is -0.441 e. The molecule has 6 heteroatoms. The molecule has 138 valence electrons. The van der Waals surface area contributed by atoms with Crippen LogP contribution in [0.3, 0.4) is 0 Å². The second kappa shape index (κ2) is 7.02. The van der Waals surface area contributed by atoms with Crippen LogP contribution in [0.1, 0.15) is 30.2 Å². The lowest BCUT2D eigenvalue weighted by Gasteiger charge is -2.25. The van der Waals surface area contributed by atoms with Crippen LogP contribution in [0.15, 0.2) is 22.7 Å². The van der Waals surface area contributed by atoms with Crippen molar-refractivity contribution < 1.29 is 9.15 Å². The summed E-state index contributed by atoms with van der Waals surface area (Å²) in [6, 6.07) is 4.17. The van der Waals surface area contributed by atoms with Gasteiger partial charge in [-0.3, -0.25) is 4.90 Å². The minimum absolute atomic E-state index is 0.601. The molecule has 5 rings (SSSR count). The molecule has 0 saturated carbocycles. The Bertz CT molecular complexity index is 888.